The molecule has 2 aliphatic rings. The molecule has 0 atom stereocenters. The van der Waals surface area contributed by atoms with E-state index in [1.807, 2.05) is 4.90 Å². The minimum Gasteiger partial charge on any atom is -0.340 e. The summed E-state index contributed by atoms with van der Waals surface area (Å²) in [6, 6.07) is 0. The van der Waals surface area contributed by atoms with Crippen LogP contribution in [0.5, 0.6) is 0 Å². The zero-order valence-corrected chi connectivity index (χ0v) is 13.2. The molecule has 0 N–H and O–H groups in total. The third-order valence-corrected chi connectivity index (χ3v) is 5.37. The van der Waals surface area contributed by atoms with Gasteiger partial charge in [-0.15, -0.1) is 0 Å². The van der Waals surface area contributed by atoms with Gasteiger partial charge in [0, 0.05) is 45.4 Å². The maximum Gasteiger partial charge on any atom is 0.222 e. The van der Waals surface area contributed by atoms with E-state index in [1.54, 1.807) is 0 Å². The number of rotatable bonds is 5. The second kappa shape index (κ2) is 6.89. The minimum atomic E-state index is -2.89. The highest BCUT2D eigenvalue weighted by Crippen LogP contribution is 2.28. The standard InChI is InChI=1S/C14H26N2O3S/c1-20(18,19)11-10-15-6-8-16(9-7-15)14(17)12-13-4-2-3-5-13/h13H,2-12H2,1H3. The molecule has 0 unspecified atom stereocenters. The van der Waals surface area contributed by atoms with Gasteiger partial charge < -0.3 is 4.90 Å². The van der Waals surface area contributed by atoms with E-state index in [1.165, 1.54) is 31.9 Å². The van der Waals surface area contributed by atoms with Gasteiger partial charge in [0.25, 0.3) is 0 Å². The number of hydrogen-bond donors (Lipinski definition) is 0. The smallest absolute Gasteiger partial charge is 0.222 e. The second-order valence-electron chi connectivity index (χ2n) is 6.21. The number of hydrogen-bond acceptors (Lipinski definition) is 4. The molecule has 1 aliphatic carbocycles. The summed E-state index contributed by atoms with van der Waals surface area (Å²) in [7, 11) is -2.89. The quantitative estimate of drug-likeness (QED) is 0.752. The zero-order chi connectivity index (χ0) is 14.6. The third kappa shape index (κ3) is 5.05. The average Bonchev–Trinajstić information content (AvgIpc) is 2.89. The van der Waals surface area contributed by atoms with E-state index in [-0.39, 0.29) is 5.75 Å². The molecule has 0 radical (unpaired) electrons. The molecular weight excluding hydrogens is 276 g/mol. The fourth-order valence-electron chi connectivity index (χ4n) is 3.11. The Labute approximate surface area is 122 Å². The first-order valence-corrected chi connectivity index (χ1v) is 9.68. The van der Waals surface area contributed by atoms with Gasteiger partial charge in [-0.05, 0) is 18.8 Å². The normalized spacial score (nSPS) is 22.4. The maximum absolute atomic E-state index is 12.2. The summed E-state index contributed by atoms with van der Waals surface area (Å²) in [6.07, 6.45) is 6.95. The van der Waals surface area contributed by atoms with Crippen LogP contribution in [0.2, 0.25) is 0 Å². The van der Waals surface area contributed by atoms with Crippen molar-refractivity contribution in [2.75, 3.05) is 44.7 Å². The molecule has 5 nitrogen and oxygen atoms in total. The van der Waals surface area contributed by atoms with Gasteiger partial charge >= 0.3 is 0 Å². The van der Waals surface area contributed by atoms with Crippen molar-refractivity contribution in [1.82, 2.24) is 9.80 Å². The molecule has 116 valence electrons. The predicted molar refractivity (Wildman–Crippen MR) is 79.3 cm³/mol. The summed E-state index contributed by atoms with van der Waals surface area (Å²) in [5.41, 5.74) is 0. The van der Waals surface area contributed by atoms with Crippen molar-refractivity contribution in [1.29, 1.82) is 0 Å². The molecule has 0 spiro atoms. The Hall–Kier alpha value is -0.620. The van der Waals surface area contributed by atoms with Crippen molar-refractivity contribution in [3.05, 3.63) is 0 Å². The van der Waals surface area contributed by atoms with Crippen molar-refractivity contribution in [3.8, 4) is 0 Å². The van der Waals surface area contributed by atoms with Crippen LogP contribution in [-0.4, -0.2) is 68.9 Å². The van der Waals surface area contributed by atoms with Gasteiger partial charge in [0.2, 0.25) is 5.91 Å². The Kier molecular flexibility index (Phi) is 5.43. The van der Waals surface area contributed by atoms with Crippen LogP contribution in [0.4, 0.5) is 0 Å². The third-order valence-electron chi connectivity index (χ3n) is 4.44. The van der Waals surface area contributed by atoms with Gasteiger partial charge in [-0.25, -0.2) is 8.42 Å². The first-order valence-electron chi connectivity index (χ1n) is 7.62. The van der Waals surface area contributed by atoms with E-state index in [2.05, 4.69) is 4.90 Å². The van der Waals surface area contributed by atoms with E-state index >= 15 is 0 Å². The largest absolute Gasteiger partial charge is 0.340 e. The van der Waals surface area contributed by atoms with Crippen LogP contribution in [0, 0.1) is 5.92 Å². The van der Waals surface area contributed by atoms with Crippen LogP contribution in [0.15, 0.2) is 0 Å². The number of sulfone groups is 1. The number of amides is 1. The summed E-state index contributed by atoms with van der Waals surface area (Å²) >= 11 is 0. The highest BCUT2D eigenvalue weighted by atomic mass is 32.2. The first kappa shape index (κ1) is 15.8. The lowest BCUT2D eigenvalue weighted by molar-refractivity contribution is -0.133. The Morgan fingerprint density at radius 3 is 2.25 bits per heavy atom. The van der Waals surface area contributed by atoms with Crippen molar-refractivity contribution in [3.63, 3.8) is 0 Å². The molecule has 1 amide bonds. The lowest BCUT2D eigenvalue weighted by atomic mass is 10.0. The van der Waals surface area contributed by atoms with Crippen molar-refractivity contribution < 1.29 is 13.2 Å². The summed E-state index contributed by atoms with van der Waals surface area (Å²) < 4.78 is 22.3. The minimum absolute atomic E-state index is 0.211. The SMILES string of the molecule is CS(=O)(=O)CCN1CCN(C(=O)CC2CCCC2)CC1. The molecule has 1 aliphatic heterocycles. The molecule has 2 rings (SSSR count). The highest BCUT2D eigenvalue weighted by Gasteiger charge is 2.25. The van der Waals surface area contributed by atoms with Crippen LogP contribution >= 0.6 is 0 Å². The van der Waals surface area contributed by atoms with Crippen LogP contribution < -0.4 is 0 Å². The van der Waals surface area contributed by atoms with Gasteiger partial charge in [0.15, 0.2) is 0 Å². The molecule has 0 aromatic heterocycles. The van der Waals surface area contributed by atoms with E-state index in [4.69, 9.17) is 0 Å². The van der Waals surface area contributed by atoms with E-state index in [0.29, 0.717) is 24.8 Å². The predicted octanol–water partition coefficient (Wildman–Crippen LogP) is 0.755. The van der Waals surface area contributed by atoms with Gasteiger partial charge in [0.05, 0.1) is 5.75 Å². The lowest BCUT2D eigenvalue weighted by Gasteiger charge is -2.35. The van der Waals surface area contributed by atoms with Crippen molar-refractivity contribution in [2.24, 2.45) is 5.92 Å². The van der Waals surface area contributed by atoms with Crippen LogP contribution in [0.3, 0.4) is 0 Å². The van der Waals surface area contributed by atoms with Crippen LogP contribution in [-0.2, 0) is 14.6 Å². The monoisotopic (exact) mass is 302 g/mol. The molecule has 1 saturated carbocycles. The fourth-order valence-corrected chi connectivity index (χ4v) is 3.70. The molecular formula is C14H26N2O3S. The molecule has 20 heavy (non-hydrogen) atoms. The number of piperazine rings is 1. The van der Waals surface area contributed by atoms with Crippen molar-refractivity contribution >= 4 is 15.7 Å². The van der Waals surface area contributed by atoms with Gasteiger partial charge in [-0.1, -0.05) is 12.8 Å². The molecule has 0 aromatic rings. The summed E-state index contributed by atoms with van der Waals surface area (Å²) in [5.74, 6) is 1.11. The number of carbonyl (C=O) groups excluding carboxylic acids is 1. The Morgan fingerprint density at radius 2 is 1.70 bits per heavy atom. The maximum atomic E-state index is 12.2. The summed E-state index contributed by atoms with van der Waals surface area (Å²) in [5, 5.41) is 0. The molecule has 0 aromatic carbocycles. The second-order valence-corrected chi connectivity index (χ2v) is 8.47. The number of carbonyl (C=O) groups is 1. The van der Waals surface area contributed by atoms with Crippen molar-refractivity contribution in [2.45, 2.75) is 32.1 Å². The van der Waals surface area contributed by atoms with Gasteiger partial charge in [-0.2, -0.15) is 0 Å². The van der Waals surface area contributed by atoms with Crippen LogP contribution in [0.1, 0.15) is 32.1 Å². The lowest BCUT2D eigenvalue weighted by Crippen LogP contribution is -2.49. The Balaban J connectivity index is 1.69. The summed E-state index contributed by atoms with van der Waals surface area (Å²) in [4.78, 5) is 16.3. The van der Waals surface area contributed by atoms with Gasteiger partial charge in [-0.3, -0.25) is 9.69 Å². The zero-order valence-electron chi connectivity index (χ0n) is 12.4. The molecule has 1 heterocycles. The fraction of sp³-hybridized carbons (Fsp3) is 0.929. The Morgan fingerprint density at radius 1 is 1.10 bits per heavy atom. The topological polar surface area (TPSA) is 57.7 Å². The van der Waals surface area contributed by atoms with E-state index in [0.717, 1.165) is 26.2 Å². The van der Waals surface area contributed by atoms with Gasteiger partial charge in [0.1, 0.15) is 9.84 Å². The molecule has 6 heteroatoms. The van der Waals surface area contributed by atoms with Crippen LogP contribution in [0.25, 0.3) is 0 Å². The average molecular weight is 302 g/mol. The molecule has 0 bridgehead atoms. The number of nitrogens with zero attached hydrogens (tertiary/aromatic N) is 2. The first-order chi connectivity index (χ1) is 9.44. The van der Waals surface area contributed by atoms with E-state index in [9.17, 15) is 13.2 Å². The summed E-state index contributed by atoms with van der Waals surface area (Å²) in [6.45, 7) is 3.67. The molecule has 1 saturated heterocycles. The van der Waals surface area contributed by atoms with E-state index < -0.39 is 9.84 Å². The molecule has 2 fully saturated rings. The highest BCUT2D eigenvalue weighted by molar-refractivity contribution is 7.90. The Bertz CT molecular complexity index is 422.